The van der Waals surface area contributed by atoms with Gasteiger partial charge in [-0.1, -0.05) is 46.0 Å². The van der Waals surface area contributed by atoms with Gasteiger partial charge in [0.25, 0.3) is 5.91 Å². The van der Waals surface area contributed by atoms with Gasteiger partial charge in [-0.15, -0.1) is 0 Å². The molecule has 10 heteroatoms. The standard InChI is InChI=1S/C20H20Cl3N5O2/c1-13-15(12-28-10-14(21)9-24-28)19(25-30-13)20(29)27-7-5-26(6-8-27)11-16-17(22)3-2-4-18(16)23/h2-4,9-10H,5-8,11-12H2,1H3. The molecular weight excluding hydrogens is 449 g/mol. The number of nitrogens with zero attached hydrogens (tertiary/aromatic N) is 5. The molecule has 1 saturated heterocycles. The molecule has 0 spiro atoms. The highest BCUT2D eigenvalue weighted by Gasteiger charge is 2.28. The monoisotopic (exact) mass is 467 g/mol. The van der Waals surface area contributed by atoms with E-state index in [1.165, 1.54) is 0 Å². The maximum atomic E-state index is 13.1. The van der Waals surface area contributed by atoms with Crippen molar-refractivity contribution in [3.8, 4) is 0 Å². The van der Waals surface area contributed by atoms with Crippen LogP contribution in [0.15, 0.2) is 35.1 Å². The average Bonchev–Trinajstić information content (AvgIpc) is 3.31. The van der Waals surface area contributed by atoms with Gasteiger partial charge in [0, 0.05) is 60.1 Å². The zero-order chi connectivity index (χ0) is 21.3. The van der Waals surface area contributed by atoms with Crippen molar-refractivity contribution in [1.82, 2.24) is 24.7 Å². The molecule has 2 aromatic heterocycles. The summed E-state index contributed by atoms with van der Waals surface area (Å²) in [6.45, 7) is 5.40. The van der Waals surface area contributed by atoms with Crippen molar-refractivity contribution < 1.29 is 9.32 Å². The molecule has 3 heterocycles. The quantitative estimate of drug-likeness (QED) is 0.563. The van der Waals surface area contributed by atoms with Crippen LogP contribution in [0.3, 0.4) is 0 Å². The number of hydrogen-bond acceptors (Lipinski definition) is 5. The molecule has 0 aliphatic carbocycles. The minimum atomic E-state index is -0.143. The third-order valence-electron chi connectivity index (χ3n) is 5.21. The van der Waals surface area contributed by atoms with Crippen LogP contribution in [0.1, 0.15) is 27.4 Å². The number of hydrogen-bond donors (Lipinski definition) is 0. The molecule has 4 rings (SSSR count). The third-order valence-corrected chi connectivity index (χ3v) is 6.12. The van der Waals surface area contributed by atoms with Gasteiger partial charge < -0.3 is 9.42 Å². The summed E-state index contributed by atoms with van der Waals surface area (Å²) in [7, 11) is 0. The first-order valence-corrected chi connectivity index (χ1v) is 10.6. The number of benzene rings is 1. The average molecular weight is 469 g/mol. The van der Waals surface area contributed by atoms with E-state index in [0.717, 1.165) is 5.56 Å². The van der Waals surface area contributed by atoms with Crippen LogP contribution in [0.2, 0.25) is 15.1 Å². The maximum Gasteiger partial charge on any atom is 0.276 e. The van der Waals surface area contributed by atoms with Crippen molar-refractivity contribution in [2.75, 3.05) is 26.2 Å². The molecule has 1 amide bonds. The normalized spacial score (nSPS) is 15.0. The van der Waals surface area contributed by atoms with Gasteiger partial charge in [-0.3, -0.25) is 14.4 Å². The Morgan fingerprint density at radius 2 is 1.77 bits per heavy atom. The smallest absolute Gasteiger partial charge is 0.276 e. The summed E-state index contributed by atoms with van der Waals surface area (Å²) < 4.78 is 6.96. The molecule has 30 heavy (non-hydrogen) atoms. The van der Waals surface area contributed by atoms with Crippen LogP contribution < -0.4 is 0 Å². The lowest BCUT2D eigenvalue weighted by Gasteiger charge is -2.34. The zero-order valence-electron chi connectivity index (χ0n) is 16.3. The summed E-state index contributed by atoms with van der Waals surface area (Å²) in [6, 6.07) is 5.51. The molecule has 1 aliphatic heterocycles. The fourth-order valence-electron chi connectivity index (χ4n) is 3.50. The lowest BCUT2D eigenvalue weighted by molar-refractivity contribution is 0.0617. The van der Waals surface area contributed by atoms with Crippen LogP contribution in [0.5, 0.6) is 0 Å². The second-order valence-corrected chi connectivity index (χ2v) is 8.44. The van der Waals surface area contributed by atoms with E-state index in [4.69, 9.17) is 39.3 Å². The Kier molecular flexibility index (Phi) is 6.34. The molecule has 0 bridgehead atoms. The second-order valence-electron chi connectivity index (χ2n) is 7.19. The minimum Gasteiger partial charge on any atom is -0.361 e. The predicted molar refractivity (Wildman–Crippen MR) is 115 cm³/mol. The number of aryl methyl sites for hydroxylation is 1. The number of carbonyl (C=O) groups is 1. The summed E-state index contributed by atoms with van der Waals surface area (Å²) in [6.07, 6.45) is 3.25. The highest BCUT2D eigenvalue weighted by molar-refractivity contribution is 6.36. The predicted octanol–water partition coefficient (Wildman–Crippen LogP) is 4.15. The van der Waals surface area contributed by atoms with Crippen molar-refractivity contribution >= 4 is 40.7 Å². The number of halogens is 3. The number of carbonyl (C=O) groups excluding carboxylic acids is 1. The largest absolute Gasteiger partial charge is 0.361 e. The van der Waals surface area contributed by atoms with Gasteiger partial charge >= 0.3 is 0 Å². The van der Waals surface area contributed by atoms with Gasteiger partial charge in [-0.2, -0.15) is 5.10 Å². The van der Waals surface area contributed by atoms with Crippen molar-refractivity contribution in [1.29, 1.82) is 0 Å². The van der Waals surface area contributed by atoms with Crippen LogP contribution in [-0.2, 0) is 13.1 Å². The van der Waals surface area contributed by atoms with Gasteiger partial charge in [0.05, 0.1) is 17.8 Å². The first-order chi connectivity index (χ1) is 14.4. The van der Waals surface area contributed by atoms with Crippen molar-refractivity contribution in [3.05, 3.63) is 68.2 Å². The molecule has 1 aliphatic rings. The highest BCUT2D eigenvalue weighted by atomic mass is 35.5. The second kappa shape index (κ2) is 8.98. The SMILES string of the molecule is Cc1onc(C(=O)N2CCN(Cc3c(Cl)cccc3Cl)CC2)c1Cn1cc(Cl)cn1. The molecule has 3 aromatic rings. The first-order valence-electron chi connectivity index (χ1n) is 9.50. The lowest BCUT2D eigenvalue weighted by atomic mass is 10.1. The Balaban J connectivity index is 1.41. The Hall–Kier alpha value is -2.06. The van der Waals surface area contributed by atoms with E-state index in [1.54, 1.807) is 28.9 Å². The fraction of sp³-hybridized carbons (Fsp3) is 0.350. The number of amides is 1. The number of aromatic nitrogens is 3. The van der Waals surface area contributed by atoms with Crippen molar-refractivity contribution in [3.63, 3.8) is 0 Å². The van der Waals surface area contributed by atoms with Crippen molar-refractivity contribution in [2.24, 2.45) is 0 Å². The molecular formula is C20H20Cl3N5O2. The molecule has 0 N–H and O–H groups in total. The molecule has 0 radical (unpaired) electrons. The zero-order valence-corrected chi connectivity index (χ0v) is 18.6. The molecule has 1 aromatic carbocycles. The first kappa shape index (κ1) is 21.2. The lowest BCUT2D eigenvalue weighted by Crippen LogP contribution is -2.48. The van der Waals surface area contributed by atoms with Crippen LogP contribution in [0, 0.1) is 6.92 Å². The Labute approximate surface area is 189 Å². The molecule has 7 nitrogen and oxygen atoms in total. The Morgan fingerprint density at radius 3 is 2.40 bits per heavy atom. The van der Waals surface area contributed by atoms with Gasteiger partial charge in [0.1, 0.15) is 5.76 Å². The van der Waals surface area contributed by atoms with E-state index < -0.39 is 0 Å². The van der Waals surface area contributed by atoms with Crippen LogP contribution in [-0.4, -0.2) is 56.8 Å². The molecule has 0 saturated carbocycles. The molecule has 0 atom stereocenters. The van der Waals surface area contributed by atoms with Gasteiger partial charge in [-0.05, 0) is 19.1 Å². The van der Waals surface area contributed by atoms with E-state index in [9.17, 15) is 4.79 Å². The highest BCUT2D eigenvalue weighted by Crippen LogP contribution is 2.26. The molecule has 1 fully saturated rings. The Morgan fingerprint density at radius 1 is 1.07 bits per heavy atom. The summed E-state index contributed by atoms with van der Waals surface area (Å²) in [5.41, 5.74) is 1.94. The maximum absolute atomic E-state index is 13.1. The number of rotatable bonds is 5. The minimum absolute atomic E-state index is 0.143. The summed E-state index contributed by atoms with van der Waals surface area (Å²) in [5.74, 6) is 0.451. The molecule has 0 unspecified atom stereocenters. The summed E-state index contributed by atoms with van der Waals surface area (Å²) >= 11 is 18.5. The third kappa shape index (κ3) is 4.49. The van der Waals surface area contributed by atoms with E-state index in [-0.39, 0.29) is 5.91 Å². The van der Waals surface area contributed by atoms with Crippen LogP contribution in [0.25, 0.3) is 0 Å². The summed E-state index contributed by atoms with van der Waals surface area (Å²) in [5, 5.41) is 10.0. The van der Waals surface area contributed by atoms with Gasteiger partial charge in [-0.25, -0.2) is 0 Å². The van der Waals surface area contributed by atoms with Crippen molar-refractivity contribution in [2.45, 2.75) is 20.0 Å². The van der Waals surface area contributed by atoms with Gasteiger partial charge in [0.2, 0.25) is 0 Å². The summed E-state index contributed by atoms with van der Waals surface area (Å²) in [4.78, 5) is 17.1. The van der Waals surface area contributed by atoms with Crippen LogP contribution >= 0.6 is 34.8 Å². The van der Waals surface area contributed by atoms with E-state index in [0.29, 0.717) is 71.4 Å². The fourth-order valence-corrected chi connectivity index (χ4v) is 4.17. The van der Waals surface area contributed by atoms with E-state index in [2.05, 4.69) is 15.2 Å². The number of piperazine rings is 1. The molecule has 158 valence electrons. The van der Waals surface area contributed by atoms with Gasteiger partial charge in [0.15, 0.2) is 5.69 Å². The van der Waals surface area contributed by atoms with E-state index in [1.807, 2.05) is 18.2 Å². The topological polar surface area (TPSA) is 67.4 Å². The van der Waals surface area contributed by atoms with Crippen LogP contribution in [0.4, 0.5) is 0 Å². The Bertz CT molecular complexity index is 1040. The van der Waals surface area contributed by atoms with E-state index >= 15 is 0 Å².